The minimum atomic E-state index is -0.942. The van der Waals surface area contributed by atoms with E-state index in [1.165, 1.54) is 6.33 Å². The largest absolute Gasteiger partial charge is 0.478 e. The molecule has 7 heteroatoms. The molecule has 0 radical (unpaired) electrons. The molecule has 0 aliphatic rings. The number of aryl methyl sites for hydroxylation is 1. The fraction of sp³-hybridized carbons (Fsp3) is 0.125. The number of amides is 1. The number of carboxylic acid groups (broad SMARTS) is 1. The van der Waals surface area contributed by atoms with Gasteiger partial charge in [-0.25, -0.2) is 14.8 Å². The van der Waals surface area contributed by atoms with E-state index in [4.69, 9.17) is 5.11 Å². The van der Waals surface area contributed by atoms with Gasteiger partial charge in [0.2, 0.25) is 6.41 Å². The average molecular weight is 312 g/mol. The molecule has 23 heavy (non-hydrogen) atoms. The molecule has 0 bridgehead atoms. The molecule has 0 aliphatic heterocycles. The maximum Gasteiger partial charge on any atom is 0.335 e. The van der Waals surface area contributed by atoms with Gasteiger partial charge in [-0.2, -0.15) is 0 Å². The van der Waals surface area contributed by atoms with Gasteiger partial charge in [-0.15, -0.1) is 0 Å². The van der Waals surface area contributed by atoms with Gasteiger partial charge >= 0.3 is 5.97 Å². The minimum Gasteiger partial charge on any atom is -0.478 e. The van der Waals surface area contributed by atoms with Gasteiger partial charge in [0.05, 0.1) is 17.0 Å². The number of nitrogens with zero attached hydrogens (tertiary/aromatic N) is 2. The summed E-state index contributed by atoms with van der Waals surface area (Å²) in [6.45, 7) is 6.12. The van der Waals surface area contributed by atoms with E-state index < -0.39 is 5.97 Å². The Bertz CT molecular complexity index is 759. The molecule has 7 nitrogen and oxygen atoms in total. The van der Waals surface area contributed by atoms with E-state index in [0.29, 0.717) is 35.7 Å². The Morgan fingerprint density at radius 3 is 2.78 bits per heavy atom. The molecule has 1 heterocycles. The molecule has 0 aliphatic carbocycles. The van der Waals surface area contributed by atoms with Crippen molar-refractivity contribution in [2.75, 3.05) is 5.32 Å². The number of rotatable bonds is 7. The van der Waals surface area contributed by atoms with Gasteiger partial charge in [0, 0.05) is 12.6 Å². The van der Waals surface area contributed by atoms with Crippen molar-refractivity contribution >= 4 is 23.9 Å². The molecule has 1 amide bonds. The highest BCUT2D eigenvalue weighted by Gasteiger charge is 2.08. The first kappa shape index (κ1) is 16.2. The maximum absolute atomic E-state index is 11.0. The van der Waals surface area contributed by atoms with Crippen molar-refractivity contribution < 1.29 is 14.7 Å². The molecule has 0 atom stereocenters. The van der Waals surface area contributed by atoms with Crippen LogP contribution in [0, 0.1) is 6.92 Å². The summed E-state index contributed by atoms with van der Waals surface area (Å²) in [4.78, 5) is 29.4. The van der Waals surface area contributed by atoms with E-state index in [9.17, 15) is 9.59 Å². The Labute approximate surface area is 133 Å². The van der Waals surface area contributed by atoms with Crippen molar-refractivity contribution in [2.24, 2.45) is 0 Å². The lowest BCUT2D eigenvalue weighted by atomic mass is 10.1. The van der Waals surface area contributed by atoms with Gasteiger partial charge in [-0.05, 0) is 24.1 Å². The molecule has 1 aromatic carbocycles. The number of aromatic carboxylic acids is 1. The quantitative estimate of drug-likeness (QED) is 0.674. The monoisotopic (exact) mass is 312 g/mol. The minimum absolute atomic E-state index is 0.285. The second-order valence-electron chi connectivity index (χ2n) is 4.84. The molecule has 0 saturated carbocycles. The van der Waals surface area contributed by atoms with Crippen LogP contribution in [0.4, 0.5) is 5.82 Å². The molecule has 0 saturated heterocycles. The second kappa shape index (κ2) is 7.17. The molecule has 3 N–H and O–H groups in total. The van der Waals surface area contributed by atoms with Gasteiger partial charge in [-0.1, -0.05) is 18.7 Å². The first-order valence-corrected chi connectivity index (χ1v) is 6.79. The van der Waals surface area contributed by atoms with Crippen LogP contribution in [0.2, 0.25) is 0 Å². The standard InChI is InChI=1S/C16H16N4O3/c1-10-5-12(3-4-13(10)16(22)23)7-17-11(2)14-6-15(20-9-21)19-8-18-14/h3-6,8-9,17H,2,7H2,1H3,(H,22,23)(H,18,19,20,21). The first-order chi connectivity index (χ1) is 11.0. The number of nitrogens with one attached hydrogen (secondary N) is 2. The van der Waals surface area contributed by atoms with Crippen LogP contribution in [-0.4, -0.2) is 27.5 Å². The Hall–Kier alpha value is -3.22. The van der Waals surface area contributed by atoms with E-state index in [1.807, 2.05) is 6.07 Å². The third kappa shape index (κ3) is 4.13. The smallest absolute Gasteiger partial charge is 0.335 e. The topological polar surface area (TPSA) is 104 Å². The zero-order valence-electron chi connectivity index (χ0n) is 12.5. The third-order valence-electron chi connectivity index (χ3n) is 3.21. The molecule has 0 spiro atoms. The number of benzene rings is 1. The number of hydrogen-bond acceptors (Lipinski definition) is 5. The summed E-state index contributed by atoms with van der Waals surface area (Å²) >= 11 is 0. The summed E-state index contributed by atoms with van der Waals surface area (Å²) in [6.07, 6.45) is 1.87. The number of anilines is 1. The molecular formula is C16H16N4O3. The Kier molecular flexibility index (Phi) is 5.03. The zero-order valence-corrected chi connectivity index (χ0v) is 12.5. The zero-order chi connectivity index (χ0) is 16.8. The van der Waals surface area contributed by atoms with Crippen LogP contribution in [0.5, 0.6) is 0 Å². The molecule has 0 unspecified atom stereocenters. The van der Waals surface area contributed by atoms with Crippen LogP contribution < -0.4 is 10.6 Å². The maximum atomic E-state index is 11.0. The summed E-state index contributed by atoms with van der Waals surface area (Å²) in [6, 6.07) is 6.73. The van der Waals surface area contributed by atoms with Gasteiger partial charge in [0.25, 0.3) is 0 Å². The van der Waals surface area contributed by atoms with Gasteiger partial charge in [-0.3, -0.25) is 4.79 Å². The highest BCUT2D eigenvalue weighted by atomic mass is 16.4. The normalized spacial score (nSPS) is 9.96. The summed E-state index contributed by atoms with van der Waals surface area (Å²) < 4.78 is 0. The van der Waals surface area contributed by atoms with Crippen LogP contribution in [0.25, 0.3) is 5.70 Å². The fourth-order valence-corrected chi connectivity index (χ4v) is 2.04. The van der Waals surface area contributed by atoms with Gasteiger partial charge in [0.1, 0.15) is 12.1 Å². The second-order valence-corrected chi connectivity index (χ2v) is 4.84. The van der Waals surface area contributed by atoms with Crippen molar-refractivity contribution in [1.29, 1.82) is 0 Å². The van der Waals surface area contributed by atoms with Crippen LogP contribution in [-0.2, 0) is 11.3 Å². The number of hydrogen-bond donors (Lipinski definition) is 3. The van der Waals surface area contributed by atoms with E-state index in [0.717, 1.165) is 5.56 Å². The summed E-state index contributed by atoms with van der Waals surface area (Å²) in [5.74, 6) is -0.558. The fourth-order valence-electron chi connectivity index (χ4n) is 2.04. The first-order valence-electron chi connectivity index (χ1n) is 6.79. The molecule has 2 rings (SSSR count). The lowest BCUT2D eigenvalue weighted by molar-refractivity contribution is -0.105. The SMILES string of the molecule is C=C(NCc1ccc(C(=O)O)c(C)c1)c1cc(NC=O)ncn1. The van der Waals surface area contributed by atoms with Crippen LogP contribution in [0.3, 0.4) is 0 Å². The number of carboxylic acids is 1. The highest BCUT2D eigenvalue weighted by Crippen LogP contribution is 2.14. The third-order valence-corrected chi connectivity index (χ3v) is 3.21. The number of carbonyl (C=O) groups is 2. The highest BCUT2D eigenvalue weighted by molar-refractivity contribution is 5.89. The van der Waals surface area contributed by atoms with E-state index >= 15 is 0 Å². The van der Waals surface area contributed by atoms with Crippen molar-refractivity contribution in [1.82, 2.24) is 15.3 Å². The Balaban J connectivity index is 2.04. The summed E-state index contributed by atoms with van der Waals surface area (Å²) in [5, 5.41) is 14.6. The molecular weight excluding hydrogens is 296 g/mol. The van der Waals surface area contributed by atoms with E-state index in [1.54, 1.807) is 25.1 Å². The Morgan fingerprint density at radius 2 is 2.13 bits per heavy atom. The average Bonchev–Trinajstić information content (AvgIpc) is 2.53. The van der Waals surface area contributed by atoms with Crippen molar-refractivity contribution in [3.8, 4) is 0 Å². The van der Waals surface area contributed by atoms with Crippen LogP contribution in [0.15, 0.2) is 37.2 Å². The lowest BCUT2D eigenvalue weighted by Gasteiger charge is -2.11. The van der Waals surface area contributed by atoms with Gasteiger partial charge in [0.15, 0.2) is 0 Å². The molecule has 2 aromatic rings. The van der Waals surface area contributed by atoms with E-state index in [2.05, 4.69) is 27.2 Å². The van der Waals surface area contributed by atoms with Crippen LogP contribution >= 0.6 is 0 Å². The molecule has 118 valence electrons. The summed E-state index contributed by atoms with van der Waals surface area (Å²) in [5.41, 5.74) is 3.04. The predicted molar refractivity (Wildman–Crippen MR) is 85.7 cm³/mol. The summed E-state index contributed by atoms with van der Waals surface area (Å²) in [7, 11) is 0. The number of carbonyl (C=O) groups excluding carboxylic acids is 1. The number of aromatic nitrogens is 2. The van der Waals surface area contributed by atoms with Crippen LogP contribution in [0.1, 0.15) is 27.2 Å². The lowest BCUT2D eigenvalue weighted by Crippen LogP contribution is -2.13. The van der Waals surface area contributed by atoms with Crippen molar-refractivity contribution in [3.63, 3.8) is 0 Å². The Morgan fingerprint density at radius 1 is 1.35 bits per heavy atom. The van der Waals surface area contributed by atoms with E-state index in [-0.39, 0.29) is 5.56 Å². The molecule has 1 aromatic heterocycles. The van der Waals surface area contributed by atoms with Crippen molar-refractivity contribution in [3.05, 3.63) is 59.6 Å². The van der Waals surface area contributed by atoms with Crippen molar-refractivity contribution in [2.45, 2.75) is 13.5 Å². The molecule has 0 fully saturated rings. The predicted octanol–water partition coefficient (Wildman–Crippen LogP) is 1.81. The van der Waals surface area contributed by atoms with Gasteiger partial charge < -0.3 is 15.7 Å².